The van der Waals surface area contributed by atoms with Gasteiger partial charge in [-0.1, -0.05) is 224 Å². The number of aliphatic hydroxyl groups is 1. The first-order valence-electron chi connectivity index (χ1n) is 27.7. The molecule has 3 atom stereocenters. The van der Waals surface area contributed by atoms with Gasteiger partial charge in [-0.2, -0.15) is 0 Å². The van der Waals surface area contributed by atoms with Gasteiger partial charge in [0.25, 0.3) is 7.82 Å². The number of aliphatic hydroxyl groups excluding tert-OH is 1. The van der Waals surface area contributed by atoms with Crippen molar-refractivity contribution in [3.05, 3.63) is 146 Å². The molecule has 0 aliphatic rings. The van der Waals surface area contributed by atoms with Gasteiger partial charge < -0.3 is 28.8 Å². The van der Waals surface area contributed by atoms with E-state index in [1.54, 1.807) is 0 Å². The van der Waals surface area contributed by atoms with E-state index in [1.807, 2.05) is 21.1 Å². The predicted molar refractivity (Wildman–Crippen MR) is 306 cm³/mol. The van der Waals surface area contributed by atoms with Crippen LogP contribution in [0.1, 0.15) is 187 Å². The third-order valence-electron chi connectivity index (χ3n) is 11.3. The molecule has 402 valence electrons. The number of quaternary nitrogens is 1. The number of allylic oxidation sites excluding steroid dienone is 24. The summed E-state index contributed by atoms with van der Waals surface area (Å²) in [6.07, 6.45) is 79.0. The molecular formula is C62H103N2O6P. The average Bonchev–Trinajstić information content (AvgIpc) is 3.33. The van der Waals surface area contributed by atoms with Crippen LogP contribution in [0, 0.1) is 0 Å². The Kier molecular flexibility index (Phi) is 48.7. The van der Waals surface area contributed by atoms with E-state index >= 15 is 0 Å². The summed E-state index contributed by atoms with van der Waals surface area (Å²) in [4.78, 5) is 25.3. The fourth-order valence-electron chi connectivity index (χ4n) is 7.02. The van der Waals surface area contributed by atoms with Crippen molar-refractivity contribution in [2.45, 2.75) is 199 Å². The third kappa shape index (κ3) is 54.0. The minimum absolute atomic E-state index is 0.00129. The molecule has 0 aliphatic carbocycles. The molecular weight excluding hydrogens is 900 g/mol. The van der Waals surface area contributed by atoms with Crippen molar-refractivity contribution in [1.29, 1.82) is 0 Å². The largest absolute Gasteiger partial charge is 0.756 e. The Morgan fingerprint density at radius 2 is 0.859 bits per heavy atom. The maximum absolute atomic E-state index is 12.9. The molecule has 8 nitrogen and oxygen atoms in total. The number of carbonyl (C=O) groups is 1. The molecule has 0 bridgehead atoms. The predicted octanol–water partition coefficient (Wildman–Crippen LogP) is 16.3. The molecule has 71 heavy (non-hydrogen) atoms. The standard InChI is InChI=1S/C62H103N2O6P/c1-6-8-10-12-14-16-17-18-19-20-21-22-23-24-25-26-27-28-29-30-31-32-33-34-35-36-37-38-39-40-41-42-43-44-45-46-47-48-50-52-54-56-62(66)63-60(59-70-71(67,68)69-58-57-64(3,4)5)61(65)55-53-51-49-15-13-11-9-7-2/h8,10,14,16,18-19,21-22,24-25,27-28,30-31,33-34,36-37,39-40,42-43,45-46,60-61,65H,6-7,9,11-13,15,17,20,23,26,29,32,35,38,41,44,47-59H2,1-5H3,(H-,63,66,67,68)/b10-8-,16-14-,19-18-,22-21-,25-24-,28-27-,31-30-,34-33-,37-36-,40-39-,43-42-,46-45-. The first-order chi connectivity index (χ1) is 34.5. The maximum Gasteiger partial charge on any atom is 0.268 e. The topological polar surface area (TPSA) is 108 Å². The van der Waals surface area contributed by atoms with Crippen molar-refractivity contribution in [2.24, 2.45) is 0 Å². The van der Waals surface area contributed by atoms with Gasteiger partial charge in [0.1, 0.15) is 13.2 Å². The number of rotatable bonds is 48. The van der Waals surface area contributed by atoms with Crippen LogP contribution in [0.3, 0.4) is 0 Å². The number of nitrogens with one attached hydrogen (secondary N) is 1. The molecule has 0 rings (SSSR count). The lowest BCUT2D eigenvalue weighted by atomic mass is 10.0. The SMILES string of the molecule is CC/C=C\C/C=C\C/C=C\C/C=C\C/C=C\C/C=C\C/C=C\C/C=C\C/C=C\C/C=C\C/C=C\C/C=C\CCCCCCC(=O)NC(COP(=O)([O-])OCC[N+](C)(C)C)C(O)CCCCCCCCCC. The zero-order chi connectivity index (χ0) is 52.0. The number of likely N-dealkylation sites (N-methyl/N-ethyl adjacent to an activating group) is 1. The summed E-state index contributed by atoms with van der Waals surface area (Å²) in [5, 5.41) is 13.8. The molecule has 0 aromatic rings. The van der Waals surface area contributed by atoms with Gasteiger partial charge in [0, 0.05) is 6.42 Å². The van der Waals surface area contributed by atoms with Crippen LogP contribution >= 0.6 is 7.82 Å². The van der Waals surface area contributed by atoms with Gasteiger partial charge in [0.2, 0.25) is 5.91 Å². The monoisotopic (exact) mass is 1000 g/mol. The number of phosphoric ester groups is 1. The van der Waals surface area contributed by atoms with Crippen LogP contribution in [0.15, 0.2) is 146 Å². The molecule has 0 fully saturated rings. The van der Waals surface area contributed by atoms with Crippen molar-refractivity contribution in [3.63, 3.8) is 0 Å². The van der Waals surface area contributed by atoms with Crippen LogP contribution < -0.4 is 10.2 Å². The Balaban J connectivity index is 4.10. The van der Waals surface area contributed by atoms with Crippen molar-refractivity contribution in [2.75, 3.05) is 40.9 Å². The van der Waals surface area contributed by atoms with Crippen LogP contribution in [0.5, 0.6) is 0 Å². The summed E-state index contributed by atoms with van der Waals surface area (Å²) >= 11 is 0. The normalized spacial score (nSPS) is 15.1. The second-order valence-electron chi connectivity index (χ2n) is 19.2. The minimum atomic E-state index is -4.58. The maximum atomic E-state index is 12.9. The molecule has 1 amide bonds. The van der Waals surface area contributed by atoms with Gasteiger partial charge in [0.05, 0.1) is 39.9 Å². The highest BCUT2D eigenvalue weighted by atomic mass is 31.2. The molecule has 0 aromatic heterocycles. The fraction of sp³-hybridized carbons (Fsp3) is 0.597. The van der Waals surface area contributed by atoms with Crippen molar-refractivity contribution in [1.82, 2.24) is 5.32 Å². The number of nitrogens with zero attached hydrogens (tertiary/aromatic N) is 1. The van der Waals surface area contributed by atoms with E-state index in [2.05, 4.69) is 165 Å². The van der Waals surface area contributed by atoms with Crippen molar-refractivity contribution < 1.29 is 32.9 Å². The van der Waals surface area contributed by atoms with Gasteiger partial charge in [-0.15, -0.1) is 0 Å². The summed E-state index contributed by atoms with van der Waals surface area (Å²) < 4.78 is 23.2. The lowest BCUT2D eigenvalue weighted by Crippen LogP contribution is -2.46. The molecule has 0 aliphatic heterocycles. The van der Waals surface area contributed by atoms with E-state index < -0.39 is 20.0 Å². The average molecular weight is 1000 g/mol. The zero-order valence-electron chi connectivity index (χ0n) is 45.6. The molecule has 0 aromatic carbocycles. The number of carbonyl (C=O) groups excluding carboxylic acids is 1. The minimum Gasteiger partial charge on any atom is -0.756 e. The molecule has 3 unspecified atom stereocenters. The second-order valence-corrected chi connectivity index (χ2v) is 20.6. The Bertz CT molecular complexity index is 1660. The van der Waals surface area contributed by atoms with Gasteiger partial charge in [-0.05, 0) is 103 Å². The smallest absolute Gasteiger partial charge is 0.268 e. The van der Waals surface area contributed by atoms with Crippen LogP contribution in [-0.2, 0) is 18.4 Å². The molecule has 0 saturated heterocycles. The van der Waals surface area contributed by atoms with Gasteiger partial charge in [-0.3, -0.25) is 9.36 Å². The first-order valence-corrected chi connectivity index (χ1v) is 29.1. The summed E-state index contributed by atoms with van der Waals surface area (Å²) in [6, 6.07) is -0.822. The van der Waals surface area contributed by atoms with Crippen LogP contribution in [-0.4, -0.2) is 68.5 Å². The zero-order valence-corrected chi connectivity index (χ0v) is 46.5. The number of amides is 1. The molecule has 2 N–H and O–H groups in total. The van der Waals surface area contributed by atoms with Crippen molar-refractivity contribution in [3.8, 4) is 0 Å². The molecule has 0 saturated carbocycles. The van der Waals surface area contributed by atoms with Gasteiger partial charge >= 0.3 is 0 Å². The van der Waals surface area contributed by atoms with Crippen LogP contribution in [0.2, 0.25) is 0 Å². The highest BCUT2D eigenvalue weighted by molar-refractivity contribution is 7.45. The van der Waals surface area contributed by atoms with Crippen molar-refractivity contribution >= 4 is 13.7 Å². The Labute approximate surface area is 436 Å². The van der Waals surface area contributed by atoms with E-state index in [4.69, 9.17) is 9.05 Å². The summed E-state index contributed by atoms with van der Waals surface area (Å²) in [5.41, 5.74) is 0. The quantitative estimate of drug-likeness (QED) is 0.0272. The summed E-state index contributed by atoms with van der Waals surface area (Å²) in [6.45, 7) is 4.51. The number of hydrogen-bond acceptors (Lipinski definition) is 6. The second kappa shape index (κ2) is 51.3. The lowest BCUT2D eigenvalue weighted by molar-refractivity contribution is -0.870. The molecule has 0 spiro atoms. The van der Waals surface area contributed by atoms with Gasteiger partial charge in [0.15, 0.2) is 0 Å². The van der Waals surface area contributed by atoms with E-state index in [-0.39, 0.29) is 19.1 Å². The van der Waals surface area contributed by atoms with Gasteiger partial charge in [-0.25, -0.2) is 0 Å². The number of hydrogen-bond donors (Lipinski definition) is 2. The van der Waals surface area contributed by atoms with Crippen LogP contribution in [0.25, 0.3) is 0 Å². The lowest BCUT2D eigenvalue weighted by Gasteiger charge is -2.30. The number of unbranched alkanes of at least 4 members (excludes halogenated alkanes) is 11. The Hall–Kier alpha value is -3.62. The van der Waals surface area contributed by atoms with E-state index in [0.717, 1.165) is 128 Å². The first kappa shape index (κ1) is 67.4. The molecule has 9 heteroatoms. The summed E-state index contributed by atoms with van der Waals surface area (Å²) in [7, 11) is 1.26. The Morgan fingerprint density at radius 3 is 1.25 bits per heavy atom. The Morgan fingerprint density at radius 1 is 0.507 bits per heavy atom. The number of phosphoric acid groups is 1. The highest BCUT2D eigenvalue weighted by Crippen LogP contribution is 2.38. The molecule has 0 radical (unpaired) electrons. The van der Waals surface area contributed by atoms with Crippen LogP contribution in [0.4, 0.5) is 0 Å². The molecule has 0 heterocycles. The fourth-order valence-corrected chi connectivity index (χ4v) is 7.74. The van der Waals surface area contributed by atoms with E-state index in [0.29, 0.717) is 23.9 Å². The van der Waals surface area contributed by atoms with E-state index in [9.17, 15) is 19.4 Å². The third-order valence-corrected chi connectivity index (χ3v) is 12.3. The summed E-state index contributed by atoms with van der Waals surface area (Å²) in [5.74, 6) is -0.200. The van der Waals surface area contributed by atoms with E-state index in [1.165, 1.54) is 32.1 Å². The highest BCUT2D eigenvalue weighted by Gasteiger charge is 2.24.